The van der Waals surface area contributed by atoms with Gasteiger partial charge in [-0.05, 0) is 73.7 Å². The molecule has 3 aromatic carbocycles. The highest BCUT2D eigenvalue weighted by atomic mass is 16.1. The number of nitrogens with one attached hydrogen (secondary N) is 3. The number of hydrogen-bond donors (Lipinski definition) is 3. The Bertz CT molecular complexity index is 1490. The van der Waals surface area contributed by atoms with Crippen molar-refractivity contribution in [3.05, 3.63) is 115 Å². The minimum Gasteiger partial charge on any atom is -0.355 e. The second-order valence-electron chi connectivity index (χ2n) is 8.49. The van der Waals surface area contributed by atoms with Gasteiger partial charge < -0.3 is 16.0 Å². The van der Waals surface area contributed by atoms with E-state index in [9.17, 15) is 4.79 Å². The normalized spacial score (nSPS) is 10.9. The number of anilines is 5. The summed E-state index contributed by atoms with van der Waals surface area (Å²) >= 11 is 0. The largest absolute Gasteiger partial charge is 0.355 e. The van der Waals surface area contributed by atoms with Gasteiger partial charge in [-0.15, -0.1) is 0 Å². The first-order valence-electron chi connectivity index (χ1n) is 12.4. The van der Waals surface area contributed by atoms with E-state index in [2.05, 4.69) is 40.0 Å². The Morgan fingerprint density at radius 2 is 1.43 bits per heavy atom. The van der Waals surface area contributed by atoms with Gasteiger partial charge in [0.2, 0.25) is 0 Å². The molecule has 0 bridgehead atoms. The summed E-state index contributed by atoms with van der Waals surface area (Å²) in [7, 11) is 1.98. The van der Waals surface area contributed by atoms with Crippen LogP contribution in [0, 0.1) is 6.92 Å². The minimum atomic E-state index is -0.153. The number of aryl methyl sites for hydroxylation is 2. The molecule has 0 aliphatic heterocycles. The third-order valence-corrected chi connectivity index (χ3v) is 5.73. The fraction of sp³-hybridized carbons (Fsp3) is 0.0690. The zero-order valence-corrected chi connectivity index (χ0v) is 19.6. The fourth-order valence-electron chi connectivity index (χ4n) is 3.82. The Morgan fingerprint density at radius 3 is 2.17 bits per heavy atom. The lowest BCUT2D eigenvalue weighted by molar-refractivity contribution is -0.671. The van der Waals surface area contributed by atoms with Gasteiger partial charge in [-0.2, -0.15) is 0 Å². The molecule has 0 radical (unpaired) electrons. The Morgan fingerprint density at radius 1 is 0.800 bits per heavy atom. The maximum Gasteiger partial charge on any atom is 0.255 e. The molecule has 0 aliphatic carbocycles. The monoisotopic (exact) mass is 464 g/mol. The molecule has 0 saturated carbocycles. The first kappa shape index (κ1) is 20.9. The van der Waals surface area contributed by atoms with Gasteiger partial charge in [-0.1, -0.05) is 11.6 Å². The summed E-state index contributed by atoms with van der Waals surface area (Å²) in [6.07, 6.45) is 5.76. The molecule has 6 nitrogen and oxygen atoms in total. The third-order valence-electron chi connectivity index (χ3n) is 5.73. The Hall–Kier alpha value is -4.71. The second-order valence-corrected chi connectivity index (χ2v) is 8.49. The SMILES string of the molecule is Cc1ccc2nccc(Nc3ccc(NC(=O)c4ccc(Nc5cc[n+](C)cc5)cc4)cc3)c2c1.[2H][2H]. The van der Waals surface area contributed by atoms with Crippen molar-refractivity contribution in [2.45, 2.75) is 6.92 Å². The van der Waals surface area contributed by atoms with E-state index in [0.717, 1.165) is 39.3 Å². The molecule has 174 valence electrons. The third kappa shape index (κ3) is 5.28. The van der Waals surface area contributed by atoms with Crippen LogP contribution in [0.5, 0.6) is 0 Å². The standard InChI is InChI=1S/C29H25N5O.H2/c1-20-3-12-27-26(19-20)28(13-16-30-27)32-23-8-10-24(11-9-23)33-29(35)21-4-6-22(7-5-21)31-25-14-17-34(2)18-15-25;/h3-19H,1-2H3,(H2,30,32,33,35);1H/p+1/i;1+1D. The molecule has 0 aliphatic rings. The maximum absolute atomic E-state index is 12.7. The molecule has 5 aromatic rings. The van der Waals surface area contributed by atoms with Crippen molar-refractivity contribution in [1.29, 1.82) is 0 Å². The van der Waals surface area contributed by atoms with E-state index < -0.39 is 0 Å². The number of aromatic nitrogens is 2. The van der Waals surface area contributed by atoms with Crippen LogP contribution in [-0.4, -0.2) is 10.9 Å². The van der Waals surface area contributed by atoms with Crippen molar-refractivity contribution >= 4 is 45.2 Å². The number of fused-ring (bicyclic) bond motifs is 1. The highest BCUT2D eigenvalue weighted by Gasteiger charge is 2.08. The average Bonchev–Trinajstić information content (AvgIpc) is 2.93. The molecule has 0 spiro atoms. The van der Waals surface area contributed by atoms with E-state index in [-0.39, 0.29) is 5.91 Å². The molecule has 2 heterocycles. The molecule has 5 rings (SSSR count). The van der Waals surface area contributed by atoms with Crippen LogP contribution in [-0.2, 0) is 7.05 Å². The summed E-state index contributed by atoms with van der Waals surface area (Å²) in [5.41, 5.74) is 7.29. The molecule has 0 fully saturated rings. The summed E-state index contributed by atoms with van der Waals surface area (Å²) < 4.78 is 12.0. The number of pyridine rings is 2. The second kappa shape index (κ2) is 9.65. The van der Waals surface area contributed by atoms with Gasteiger partial charge in [-0.3, -0.25) is 9.78 Å². The number of hydrogen-bond acceptors (Lipinski definition) is 4. The van der Waals surface area contributed by atoms with Gasteiger partial charge in [0, 0.05) is 55.0 Å². The van der Waals surface area contributed by atoms with E-state index in [0.29, 0.717) is 5.56 Å². The molecule has 3 N–H and O–H groups in total. The van der Waals surface area contributed by atoms with Crippen molar-refractivity contribution in [1.82, 2.24) is 4.98 Å². The van der Waals surface area contributed by atoms with Gasteiger partial charge >= 0.3 is 0 Å². The van der Waals surface area contributed by atoms with Crippen LogP contribution in [0.1, 0.15) is 18.9 Å². The van der Waals surface area contributed by atoms with Crippen molar-refractivity contribution in [2.75, 3.05) is 16.0 Å². The molecular weight excluding hydrogens is 434 g/mol. The van der Waals surface area contributed by atoms with E-state index in [1.54, 1.807) is 6.20 Å². The van der Waals surface area contributed by atoms with Crippen molar-refractivity contribution in [3.8, 4) is 0 Å². The van der Waals surface area contributed by atoms with Crippen molar-refractivity contribution in [3.63, 3.8) is 0 Å². The van der Waals surface area contributed by atoms with Crippen molar-refractivity contribution in [2.24, 2.45) is 7.05 Å². The lowest BCUT2D eigenvalue weighted by atomic mass is 10.1. The molecular formula is C29H28N5O+. The Kier molecular flexibility index (Phi) is 5.75. The van der Waals surface area contributed by atoms with Gasteiger partial charge in [0.15, 0.2) is 12.4 Å². The predicted octanol–water partition coefficient (Wildman–Crippen LogP) is 6.35. The van der Waals surface area contributed by atoms with E-state index in [4.69, 9.17) is 2.97 Å². The van der Waals surface area contributed by atoms with Crippen LogP contribution in [0.2, 0.25) is 0 Å². The molecule has 6 heteroatoms. The Balaban J connectivity index is 0.00000156. The molecule has 35 heavy (non-hydrogen) atoms. The Labute approximate surface area is 207 Å². The number of carbonyl (C=O) groups is 1. The zero-order valence-electron chi connectivity index (χ0n) is 21.6. The summed E-state index contributed by atoms with van der Waals surface area (Å²) in [6, 6.07) is 27.3. The van der Waals surface area contributed by atoms with Gasteiger partial charge in [0.05, 0.1) is 11.2 Å². The number of amides is 1. The summed E-state index contributed by atoms with van der Waals surface area (Å²) in [5, 5.41) is 10.8. The van der Waals surface area contributed by atoms with Gasteiger partial charge in [-0.25, -0.2) is 4.57 Å². The predicted molar refractivity (Wildman–Crippen MR) is 144 cm³/mol. The number of carbonyl (C=O) groups excluding carboxylic acids is 1. The van der Waals surface area contributed by atoms with Crippen LogP contribution in [0.25, 0.3) is 10.9 Å². The van der Waals surface area contributed by atoms with Crippen LogP contribution >= 0.6 is 0 Å². The summed E-state index contributed by atoms with van der Waals surface area (Å²) in [6.45, 7) is 2.07. The van der Waals surface area contributed by atoms with Crippen LogP contribution in [0.3, 0.4) is 0 Å². The molecule has 1 amide bonds. The van der Waals surface area contributed by atoms with E-state index in [1.165, 1.54) is 5.56 Å². The summed E-state index contributed by atoms with van der Waals surface area (Å²) in [4.78, 5) is 17.2. The highest BCUT2D eigenvalue weighted by molar-refractivity contribution is 6.04. The highest BCUT2D eigenvalue weighted by Crippen LogP contribution is 2.27. The van der Waals surface area contributed by atoms with Crippen LogP contribution in [0.15, 0.2) is 104 Å². The summed E-state index contributed by atoms with van der Waals surface area (Å²) in [5.74, 6) is -0.153. The number of benzene rings is 3. The van der Waals surface area contributed by atoms with Crippen molar-refractivity contribution < 1.29 is 12.3 Å². The lowest BCUT2D eigenvalue weighted by Gasteiger charge is -2.11. The van der Waals surface area contributed by atoms with Crippen LogP contribution in [0.4, 0.5) is 28.4 Å². The molecule has 2 aromatic heterocycles. The average molecular weight is 465 g/mol. The number of rotatable bonds is 6. The first-order valence-corrected chi connectivity index (χ1v) is 11.4. The van der Waals surface area contributed by atoms with Crippen LogP contribution < -0.4 is 20.5 Å². The molecule has 0 atom stereocenters. The van der Waals surface area contributed by atoms with E-state index >= 15 is 0 Å². The minimum absolute atomic E-state index is 0.153. The molecule has 0 unspecified atom stereocenters. The smallest absolute Gasteiger partial charge is 0.255 e. The topological polar surface area (TPSA) is 69.9 Å². The molecule has 0 saturated heterocycles. The van der Waals surface area contributed by atoms with Gasteiger partial charge in [0.1, 0.15) is 7.05 Å². The lowest BCUT2D eigenvalue weighted by Crippen LogP contribution is -2.25. The maximum atomic E-state index is 12.7. The van der Waals surface area contributed by atoms with E-state index in [1.807, 2.05) is 96.8 Å². The van der Waals surface area contributed by atoms with Gasteiger partial charge in [0.25, 0.3) is 5.91 Å². The fourth-order valence-corrected chi connectivity index (χ4v) is 3.82. The quantitative estimate of drug-likeness (QED) is 0.256. The zero-order chi connectivity index (χ0) is 26.2. The first-order chi connectivity index (χ1) is 18.0. The number of nitrogens with zero attached hydrogens (tertiary/aromatic N) is 2.